The van der Waals surface area contributed by atoms with E-state index in [1.54, 1.807) is 42.6 Å². The smallest absolute Gasteiger partial charge is 0.262 e. The summed E-state index contributed by atoms with van der Waals surface area (Å²) in [5.41, 5.74) is 2.16. The first-order valence-corrected chi connectivity index (χ1v) is 12.7. The number of anilines is 2. The molecule has 1 aliphatic heterocycles. The van der Waals surface area contributed by atoms with E-state index in [4.69, 9.17) is 9.47 Å². The first-order chi connectivity index (χ1) is 16.5. The maximum absolute atomic E-state index is 12.9. The van der Waals surface area contributed by atoms with E-state index >= 15 is 0 Å². The number of benzene rings is 3. The van der Waals surface area contributed by atoms with Crippen molar-refractivity contribution < 1.29 is 22.7 Å². The van der Waals surface area contributed by atoms with E-state index in [2.05, 4.69) is 15.0 Å². The van der Waals surface area contributed by atoms with Gasteiger partial charge < -0.3 is 14.8 Å². The fourth-order valence-electron chi connectivity index (χ4n) is 3.39. The van der Waals surface area contributed by atoms with E-state index in [1.807, 2.05) is 17.5 Å². The predicted octanol–water partition coefficient (Wildman–Crippen LogP) is 4.63. The van der Waals surface area contributed by atoms with Crippen LogP contribution in [0, 0.1) is 0 Å². The number of carbonyl (C=O) groups is 1. The summed E-state index contributed by atoms with van der Waals surface area (Å²) in [6.45, 7) is 0.775. The molecular weight excluding hydrogens is 474 g/mol. The summed E-state index contributed by atoms with van der Waals surface area (Å²) >= 11 is 1.54. The fraction of sp³-hybridized carbons (Fsp3) is 0.0833. The van der Waals surface area contributed by atoms with Crippen molar-refractivity contribution in [2.75, 3.05) is 23.3 Å². The molecule has 0 unspecified atom stereocenters. The minimum absolute atomic E-state index is 0.0342. The number of amides is 1. The molecule has 0 saturated carbocycles. The lowest BCUT2D eigenvalue weighted by atomic mass is 10.1. The van der Waals surface area contributed by atoms with Crippen LogP contribution in [0.4, 0.5) is 11.4 Å². The van der Waals surface area contributed by atoms with Crippen LogP contribution in [0.1, 0.15) is 10.4 Å². The molecule has 1 amide bonds. The molecule has 0 spiro atoms. The number of hydrogen-bond acceptors (Lipinski definition) is 7. The number of aromatic nitrogens is 1. The van der Waals surface area contributed by atoms with Gasteiger partial charge in [-0.1, -0.05) is 6.07 Å². The van der Waals surface area contributed by atoms with Crippen LogP contribution in [-0.2, 0) is 10.0 Å². The summed E-state index contributed by atoms with van der Waals surface area (Å²) in [4.78, 5) is 17.0. The number of sulfonamides is 1. The van der Waals surface area contributed by atoms with Crippen LogP contribution in [-0.4, -0.2) is 32.5 Å². The van der Waals surface area contributed by atoms with E-state index in [0.717, 1.165) is 10.6 Å². The highest BCUT2D eigenvalue weighted by Gasteiger charge is 2.20. The van der Waals surface area contributed by atoms with Crippen molar-refractivity contribution >= 4 is 38.6 Å². The Kier molecular flexibility index (Phi) is 5.91. The Labute approximate surface area is 200 Å². The fourth-order valence-corrected chi connectivity index (χ4v) is 5.10. The maximum Gasteiger partial charge on any atom is 0.262 e. The Hall–Kier alpha value is -3.89. The third kappa shape index (κ3) is 4.73. The van der Waals surface area contributed by atoms with Gasteiger partial charge in [0.1, 0.15) is 18.2 Å². The van der Waals surface area contributed by atoms with E-state index in [1.165, 1.54) is 29.5 Å². The molecule has 5 rings (SSSR count). The topological polar surface area (TPSA) is 107 Å². The van der Waals surface area contributed by atoms with Gasteiger partial charge in [-0.15, -0.1) is 11.3 Å². The van der Waals surface area contributed by atoms with Crippen molar-refractivity contribution in [3.05, 3.63) is 83.9 Å². The first kappa shape index (κ1) is 21.9. The molecule has 0 aliphatic carbocycles. The first-order valence-electron chi connectivity index (χ1n) is 10.3. The van der Waals surface area contributed by atoms with E-state index < -0.39 is 10.0 Å². The number of fused-ring (bicyclic) bond motifs is 1. The largest absolute Gasteiger partial charge is 0.486 e. The summed E-state index contributed by atoms with van der Waals surface area (Å²) in [7, 11) is -3.90. The summed E-state index contributed by atoms with van der Waals surface area (Å²) in [5.74, 6) is 0.522. The van der Waals surface area contributed by atoms with Crippen molar-refractivity contribution in [3.8, 4) is 22.1 Å². The number of hydrogen-bond donors (Lipinski definition) is 2. The minimum Gasteiger partial charge on any atom is -0.486 e. The van der Waals surface area contributed by atoms with Crippen molar-refractivity contribution in [2.24, 2.45) is 0 Å². The molecule has 0 radical (unpaired) electrons. The third-order valence-corrected chi connectivity index (χ3v) is 7.22. The molecule has 4 aromatic rings. The van der Waals surface area contributed by atoms with Crippen molar-refractivity contribution in [3.63, 3.8) is 0 Å². The van der Waals surface area contributed by atoms with Crippen LogP contribution >= 0.6 is 11.3 Å². The minimum atomic E-state index is -3.90. The quantitative estimate of drug-likeness (QED) is 0.406. The van der Waals surface area contributed by atoms with Crippen LogP contribution in [0.5, 0.6) is 11.5 Å². The Morgan fingerprint density at radius 2 is 1.71 bits per heavy atom. The molecule has 1 aromatic heterocycles. The molecular formula is C24H19N3O5S2. The van der Waals surface area contributed by atoms with Crippen LogP contribution in [0.2, 0.25) is 0 Å². The second kappa shape index (κ2) is 9.16. The predicted molar refractivity (Wildman–Crippen MR) is 130 cm³/mol. The van der Waals surface area contributed by atoms with Gasteiger partial charge in [-0.3, -0.25) is 9.52 Å². The Bertz CT molecular complexity index is 1440. The van der Waals surface area contributed by atoms with Gasteiger partial charge >= 0.3 is 0 Å². The number of carbonyl (C=O) groups excluding carboxylic acids is 1. The zero-order chi connectivity index (χ0) is 23.5. The second-order valence-electron chi connectivity index (χ2n) is 7.36. The third-order valence-electron chi connectivity index (χ3n) is 5.02. The number of ether oxygens (including phenoxy) is 2. The van der Waals surface area contributed by atoms with Gasteiger partial charge in [0.15, 0.2) is 11.5 Å². The number of rotatable bonds is 6. The highest BCUT2D eigenvalue weighted by molar-refractivity contribution is 7.92. The SMILES string of the molecule is O=C(Nc1ccc(-c2nccs2)cc1)c1cccc(NS(=O)(=O)c2ccc3c(c2)OCCO3)c1. The van der Waals surface area contributed by atoms with Gasteiger partial charge in [0.25, 0.3) is 15.9 Å². The maximum atomic E-state index is 12.9. The average Bonchev–Trinajstić information content (AvgIpc) is 3.39. The van der Waals surface area contributed by atoms with Crippen LogP contribution < -0.4 is 19.5 Å². The molecule has 2 N–H and O–H groups in total. The molecule has 8 nitrogen and oxygen atoms in total. The van der Waals surface area contributed by atoms with Gasteiger partial charge in [-0.05, 0) is 54.6 Å². The molecule has 2 heterocycles. The number of thiazole rings is 1. The lowest BCUT2D eigenvalue weighted by molar-refractivity contribution is 0.102. The molecule has 1 aliphatic rings. The number of nitrogens with zero attached hydrogens (tertiary/aromatic N) is 1. The van der Waals surface area contributed by atoms with Gasteiger partial charge in [-0.2, -0.15) is 0 Å². The van der Waals surface area contributed by atoms with Crippen molar-refractivity contribution in [2.45, 2.75) is 4.90 Å². The van der Waals surface area contributed by atoms with Crippen molar-refractivity contribution in [1.82, 2.24) is 4.98 Å². The molecule has 10 heteroatoms. The highest BCUT2D eigenvalue weighted by Crippen LogP contribution is 2.33. The number of nitrogens with one attached hydrogen (secondary N) is 2. The lowest BCUT2D eigenvalue weighted by Crippen LogP contribution is -2.17. The van der Waals surface area contributed by atoms with Crippen LogP contribution in [0.15, 0.2) is 83.2 Å². The Balaban J connectivity index is 1.29. The average molecular weight is 494 g/mol. The highest BCUT2D eigenvalue weighted by atomic mass is 32.2. The molecule has 3 aromatic carbocycles. The molecule has 0 saturated heterocycles. The Morgan fingerprint density at radius 3 is 2.47 bits per heavy atom. The lowest BCUT2D eigenvalue weighted by Gasteiger charge is -2.19. The van der Waals surface area contributed by atoms with Gasteiger partial charge in [0.05, 0.1) is 4.90 Å². The molecule has 0 atom stereocenters. The standard InChI is InChI=1S/C24H19N3O5S2/c28-23(26-18-6-4-16(5-7-18)24-25-10-13-33-24)17-2-1-3-19(14-17)27-34(29,30)20-8-9-21-22(15-20)32-12-11-31-21/h1-10,13-15,27H,11-12H2,(H,26,28). The van der Waals surface area contributed by atoms with Gasteiger partial charge in [0, 0.05) is 40.1 Å². The van der Waals surface area contributed by atoms with Gasteiger partial charge in [-0.25, -0.2) is 13.4 Å². The van der Waals surface area contributed by atoms with E-state index in [9.17, 15) is 13.2 Å². The van der Waals surface area contributed by atoms with Crippen molar-refractivity contribution in [1.29, 1.82) is 0 Å². The molecule has 34 heavy (non-hydrogen) atoms. The van der Waals surface area contributed by atoms with Gasteiger partial charge in [0.2, 0.25) is 0 Å². The van der Waals surface area contributed by atoms with E-state index in [-0.39, 0.29) is 16.5 Å². The zero-order valence-corrected chi connectivity index (χ0v) is 19.4. The molecule has 172 valence electrons. The van der Waals surface area contributed by atoms with E-state index in [0.29, 0.717) is 36.0 Å². The summed E-state index contributed by atoms with van der Waals surface area (Å²) in [6.07, 6.45) is 1.74. The summed E-state index contributed by atoms with van der Waals surface area (Å²) in [5, 5.41) is 5.62. The Morgan fingerprint density at radius 1 is 0.912 bits per heavy atom. The van der Waals surface area contributed by atoms with Crippen LogP contribution in [0.3, 0.4) is 0 Å². The second-order valence-corrected chi connectivity index (χ2v) is 9.94. The summed E-state index contributed by atoms with van der Waals surface area (Å²) < 4.78 is 39.2. The molecule has 0 fully saturated rings. The van der Waals surface area contributed by atoms with Crippen LogP contribution in [0.25, 0.3) is 10.6 Å². The summed E-state index contributed by atoms with van der Waals surface area (Å²) in [6, 6.07) is 18.1. The normalized spacial score (nSPS) is 12.7. The monoisotopic (exact) mass is 493 g/mol. The molecule has 0 bridgehead atoms. The zero-order valence-electron chi connectivity index (χ0n) is 17.7.